The molecular formula is C14H22N2O2S. The number of carbonyl (C=O) groups is 1. The summed E-state index contributed by atoms with van der Waals surface area (Å²) in [5.41, 5.74) is 1.05. The molecule has 19 heavy (non-hydrogen) atoms. The van der Waals surface area contributed by atoms with Crippen molar-refractivity contribution in [2.45, 2.75) is 58.2 Å². The minimum atomic E-state index is 0.122. The molecule has 1 aliphatic heterocycles. The second kappa shape index (κ2) is 7.01. The van der Waals surface area contributed by atoms with Crippen LogP contribution in [-0.2, 0) is 16.0 Å². The molecule has 4 nitrogen and oxygen atoms in total. The van der Waals surface area contributed by atoms with Gasteiger partial charge < -0.3 is 10.1 Å². The fourth-order valence-electron chi connectivity index (χ4n) is 2.30. The van der Waals surface area contributed by atoms with Gasteiger partial charge in [-0.05, 0) is 33.1 Å². The van der Waals surface area contributed by atoms with Gasteiger partial charge in [0.25, 0.3) is 0 Å². The number of ether oxygens (including phenoxy) is 1. The second-order valence-electron chi connectivity index (χ2n) is 5.17. The molecule has 0 spiro atoms. The first kappa shape index (κ1) is 14.5. The summed E-state index contributed by atoms with van der Waals surface area (Å²) >= 11 is 1.65. The normalized spacial score (nSPS) is 22.6. The van der Waals surface area contributed by atoms with Gasteiger partial charge >= 0.3 is 0 Å². The molecule has 1 aromatic rings. The third-order valence-electron chi connectivity index (χ3n) is 3.34. The Balaban J connectivity index is 1.57. The van der Waals surface area contributed by atoms with E-state index in [9.17, 15) is 4.79 Å². The van der Waals surface area contributed by atoms with Crippen molar-refractivity contribution in [1.82, 2.24) is 10.3 Å². The molecule has 0 bridgehead atoms. The van der Waals surface area contributed by atoms with E-state index in [1.807, 2.05) is 12.3 Å². The maximum absolute atomic E-state index is 11.7. The molecule has 1 aromatic heterocycles. The molecule has 1 amide bonds. The third kappa shape index (κ3) is 4.91. The maximum atomic E-state index is 11.7. The predicted octanol–water partition coefficient (Wildman–Crippen LogP) is 2.46. The van der Waals surface area contributed by atoms with Crippen molar-refractivity contribution in [1.29, 1.82) is 0 Å². The Morgan fingerprint density at radius 1 is 1.58 bits per heavy atom. The monoisotopic (exact) mass is 282 g/mol. The number of nitrogens with one attached hydrogen (secondary N) is 1. The molecule has 0 unspecified atom stereocenters. The molecule has 2 heterocycles. The Morgan fingerprint density at radius 3 is 3.05 bits per heavy atom. The highest BCUT2D eigenvalue weighted by Gasteiger charge is 2.21. The summed E-state index contributed by atoms with van der Waals surface area (Å²) in [6, 6.07) is 0. The van der Waals surface area contributed by atoms with Gasteiger partial charge in [0.15, 0.2) is 0 Å². The molecule has 0 aliphatic carbocycles. The SMILES string of the molecule is Cc1csc(CCNC(=O)CC[C@@H]2CC[C@H](C)O2)n1. The first-order chi connectivity index (χ1) is 9.13. The molecule has 1 saturated heterocycles. The van der Waals surface area contributed by atoms with Crippen LogP contribution in [0.4, 0.5) is 0 Å². The Kier molecular flexibility index (Phi) is 5.34. The van der Waals surface area contributed by atoms with Crippen LogP contribution in [0.1, 0.15) is 43.3 Å². The van der Waals surface area contributed by atoms with Crippen molar-refractivity contribution in [3.8, 4) is 0 Å². The summed E-state index contributed by atoms with van der Waals surface area (Å²) in [5, 5.41) is 6.07. The van der Waals surface area contributed by atoms with Gasteiger partial charge in [-0.15, -0.1) is 11.3 Å². The largest absolute Gasteiger partial charge is 0.375 e. The first-order valence-electron chi connectivity index (χ1n) is 6.96. The van der Waals surface area contributed by atoms with E-state index in [1.165, 1.54) is 0 Å². The topological polar surface area (TPSA) is 51.2 Å². The van der Waals surface area contributed by atoms with E-state index in [4.69, 9.17) is 4.74 Å². The number of thiazole rings is 1. The average molecular weight is 282 g/mol. The molecule has 106 valence electrons. The zero-order valence-electron chi connectivity index (χ0n) is 11.6. The van der Waals surface area contributed by atoms with Gasteiger partial charge in [0.2, 0.25) is 5.91 Å². The highest BCUT2D eigenvalue weighted by molar-refractivity contribution is 7.09. The van der Waals surface area contributed by atoms with Gasteiger partial charge in [-0.2, -0.15) is 0 Å². The zero-order chi connectivity index (χ0) is 13.7. The van der Waals surface area contributed by atoms with E-state index in [0.29, 0.717) is 19.1 Å². The van der Waals surface area contributed by atoms with E-state index in [2.05, 4.69) is 17.2 Å². The number of carbonyl (C=O) groups excluding carboxylic acids is 1. The highest BCUT2D eigenvalue weighted by Crippen LogP contribution is 2.22. The van der Waals surface area contributed by atoms with Crippen LogP contribution in [0, 0.1) is 6.92 Å². The number of amides is 1. The number of nitrogens with zero attached hydrogens (tertiary/aromatic N) is 1. The summed E-state index contributed by atoms with van der Waals surface area (Å²) in [4.78, 5) is 16.1. The molecule has 0 aromatic carbocycles. The van der Waals surface area contributed by atoms with Crippen molar-refractivity contribution in [2.75, 3.05) is 6.54 Å². The summed E-state index contributed by atoms with van der Waals surface area (Å²) < 4.78 is 5.70. The second-order valence-corrected chi connectivity index (χ2v) is 6.11. The standard InChI is InChI=1S/C14H22N2O2S/c1-10-9-19-14(16-10)7-8-15-13(17)6-5-12-4-3-11(2)18-12/h9,11-12H,3-8H2,1-2H3,(H,15,17)/t11-,12-/m0/s1. The highest BCUT2D eigenvalue weighted by atomic mass is 32.1. The van der Waals surface area contributed by atoms with Gasteiger partial charge in [-0.25, -0.2) is 4.98 Å². The van der Waals surface area contributed by atoms with Gasteiger partial charge in [-0.1, -0.05) is 0 Å². The van der Waals surface area contributed by atoms with E-state index < -0.39 is 0 Å². The third-order valence-corrected chi connectivity index (χ3v) is 4.37. The summed E-state index contributed by atoms with van der Waals surface area (Å²) in [7, 11) is 0. The molecule has 1 aliphatic rings. The van der Waals surface area contributed by atoms with Crippen LogP contribution in [0.2, 0.25) is 0 Å². The van der Waals surface area contributed by atoms with Gasteiger partial charge in [-0.3, -0.25) is 4.79 Å². The molecule has 2 atom stereocenters. The fourth-order valence-corrected chi connectivity index (χ4v) is 3.08. The van der Waals surface area contributed by atoms with Crippen molar-refractivity contribution < 1.29 is 9.53 Å². The average Bonchev–Trinajstić information content (AvgIpc) is 2.96. The number of hydrogen-bond acceptors (Lipinski definition) is 4. The van der Waals surface area contributed by atoms with Crippen LogP contribution >= 0.6 is 11.3 Å². The molecule has 5 heteroatoms. The number of hydrogen-bond donors (Lipinski definition) is 1. The van der Waals surface area contributed by atoms with E-state index in [0.717, 1.165) is 36.4 Å². The first-order valence-corrected chi connectivity index (χ1v) is 7.84. The van der Waals surface area contributed by atoms with E-state index in [-0.39, 0.29) is 12.0 Å². The van der Waals surface area contributed by atoms with Crippen molar-refractivity contribution in [3.05, 3.63) is 16.1 Å². The molecule has 2 rings (SSSR count). The van der Waals surface area contributed by atoms with Crippen LogP contribution in [0.15, 0.2) is 5.38 Å². The van der Waals surface area contributed by atoms with Gasteiger partial charge in [0, 0.05) is 30.5 Å². The smallest absolute Gasteiger partial charge is 0.220 e. The Labute approximate surface area is 118 Å². The molecule has 0 radical (unpaired) electrons. The number of aromatic nitrogens is 1. The van der Waals surface area contributed by atoms with Gasteiger partial charge in [0.1, 0.15) is 0 Å². The lowest BCUT2D eigenvalue weighted by Crippen LogP contribution is -2.26. The zero-order valence-corrected chi connectivity index (χ0v) is 12.5. The molecule has 1 N–H and O–H groups in total. The van der Waals surface area contributed by atoms with Gasteiger partial charge in [0.05, 0.1) is 17.2 Å². The van der Waals surface area contributed by atoms with E-state index in [1.54, 1.807) is 11.3 Å². The van der Waals surface area contributed by atoms with Crippen molar-refractivity contribution >= 4 is 17.2 Å². The molecule has 1 fully saturated rings. The number of rotatable bonds is 6. The minimum absolute atomic E-state index is 0.122. The Hall–Kier alpha value is -0.940. The van der Waals surface area contributed by atoms with Crippen LogP contribution < -0.4 is 5.32 Å². The summed E-state index contributed by atoms with van der Waals surface area (Å²) in [6.07, 6.45) is 5.08. The van der Waals surface area contributed by atoms with Crippen LogP contribution in [0.5, 0.6) is 0 Å². The Morgan fingerprint density at radius 2 is 2.42 bits per heavy atom. The Bertz CT molecular complexity index is 419. The van der Waals surface area contributed by atoms with Crippen LogP contribution in [0.3, 0.4) is 0 Å². The summed E-state index contributed by atoms with van der Waals surface area (Å²) in [6.45, 7) is 4.75. The fraction of sp³-hybridized carbons (Fsp3) is 0.714. The minimum Gasteiger partial charge on any atom is -0.375 e. The summed E-state index contributed by atoms with van der Waals surface area (Å²) in [5.74, 6) is 0.122. The molecule has 0 saturated carbocycles. The van der Waals surface area contributed by atoms with Crippen molar-refractivity contribution in [3.63, 3.8) is 0 Å². The van der Waals surface area contributed by atoms with E-state index >= 15 is 0 Å². The van der Waals surface area contributed by atoms with Crippen molar-refractivity contribution in [2.24, 2.45) is 0 Å². The maximum Gasteiger partial charge on any atom is 0.220 e. The lowest BCUT2D eigenvalue weighted by molar-refractivity contribution is -0.121. The quantitative estimate of drug-likeness (QED) is 0.872. The van der Waals surface area contributed by atoms with Crippen LogP contribution in [0.25, 0.3) is 0 Å². The predicted molar refractivity (Wildman–Crippen MR) is 76.4 cm³/mol. The van der Waals surface area contributed by atoms with Crippen LogP contribution in [-0.4, -0.2) is 29.6 Å². The number of aryl methyl sites for hydroxylation is 1. The lowest BCUT2D eigenvalue weighted by atomic mass is 10.1. The lowest BCUT2D eigenvalue weighted by Gasteiger charge is -2.10. The molecular weight excluding hydrogens is 260 g/mol.